The number of carbonyl (C=O) groups is 1. The maximum atomic E-state index is 13.8. The van der Waals surface area contributed by atoms with Gasteiger partial charge in [0.15, 0.2) is 0 Å². The summed E-state index contributed by atoms with van der Waals surface area (Å²) in [6.07, 6.45) is -0.146. The number of hydrogen-bond donors (Lipinski definition) is 1. The van der Waals surface area contributed by atoms with E-state index in [2.05, 4.69) is 0 Å². The summed E-state index contributed by atoms with van der Waals surface area (Å²) in [6.45, 7) is -0.648. The minimum atomic E-state index is -7.15. The Morgan fingerprint density at radius 2 is 1.29 bits per heavy atom. The van der Waals surface area contributed by atoms with Gasteiger partial charge in [0.05, 0.1) is 0 Å². The van der Waals surface area contributed by atoms with Crippen molar-refractivity contribution in [3.05, 3.63) is 0 Å². The van der Waals surface area contributed by atoms with Gasteiger partial charge in [0.1, 0.15) is 0 Å². The summed E-state index contributed by atoms with van der Waals surface area (Å²) in [4.78, 5) is 9.06. The summed E-state index contributed by atoms with van der Waals surface area (Å²) in [7, 11) is 2.98. The normalized spacial score (nSPS) is 23.8. The van der Waals surface area contributed by atoms with Gasteiger partial charge in [-0.15, -0.1) is 4.90 Å². The van der Waals surface area contributed by atoms with Crippen LogP contribution in [0.3, 0.4) is 0 Å². The van der Waals surface area contributed by atoms with Crippen molar-refractivity contribution in [2.45, 2.75) is 42.3 Å². The van der Waals surface area contributed by atoms with Crippen LogP contribution in [-0.4, -0.2) is 78.8 Å². The van der Waals surface area contributed by atoms with Gasteiger partial charge in [-0.25, -0.2) is 0 Å². The molecule has 0 aromatic heterocycles. The lowest BCUT2D eigenvalue weighted by Crippen LogP contribution is -2.68. The number of halogens is 12. The number of amides is 1. The van der Waals surface area contributed by atoms with Crippen molar-refractivity contribution < 1.29 is 57.5 Å². The van der Waals surface area contributed by atoms with Crippen LogP contribution in [0.2, 0.25) is 0 Å². The summed E-state index contributed by atoms with van der Waals surface area (Å²) in [5.41, 5.74) is 0. The van der Waals surface area contributed by atoms with E-state index in [1.807, 2.05) is 0 Å². The summed E-state index contributed by atoms with van der Waals surface area (Å²) in [6, 6.07) is -21.4. The number of rotatable bonds is 7. The molecule has 0 aromatic carbocycles. The van der Waals surface area contributed by atoms with Crippen LogP contribution in [0.15, 0.2) is 0 Å². The van der Waals surface area contributed by atoms with E-state index in [-0.39, 0.29) is 13.0 Å². The van der Waals surface area contributed by atoms with E-state index >= 15 is 0 Å². The first kappa shape index (κ1) is 24.6. The average Bonchev–Trinajstić information content (AvgIpc) is 2.55. The van der Waals surface area contributed by atoms with Crippen LogP contribution in [0, 0.1) is 0 Å². The van der Waals surface area contributed by atoms with Crippen LogP contribution < -0.4 is 5.32 Å². The number of hydrogen-bond acceptors (Lipinski definition) is 3. The average molecular weight is 443 g/mol. The van der Waals surface area contributed by atoms with Crippen LogP contribution in [-0.2, 0) is 4.79 Å². The molecule has 0 atom stereocenters. The van der Waals surface area contributed by atoms with Crippen molar-refractivity contribution in [2.75, 3.05) is 27.2 Å². The van der Waals surface area contributed by atoms with Gasteiger partial charge in [-0.2, -0.15) is 52.7 Å². The fraction of sp³-hybridized carbons (Fsp3) is 0.917. The number of nitrogens with zero attached hydrogens (tertiary/aromatic N) is 2. The number of likely N-dealkylation sites (tertiary alicyclic amines) is 1. The zero-order valence-electron chi connectivity index (χ0n) is 14.0. The molecular weight excluding hydrogens is 430 g/mol. The third kappa shape index (κ3) is 3.17. The van der Waals surface area contributed by atoms with Crippen molar-refractivity contribution in [3.8, 4) is 0 Å². The lowest BCUT2D eigenvalue weighted by molar-refractivity contribution is -0.400. The molecule has 1 fully saturated rings. The minimum absolute atomic E-state index is 0.114. The molecule has 1 amide bonds. The highest BCUT2D eigenvalue weighted by atomic mass is 19.4. The van der Waals surface area contributed by atoms with Gasteiger partial charge < -0.3 is 10.2 Å². The number of carbonyl (C=O) groups excluding carboxylic acids is 1. The lowest BCUT2D eigenvalue weighted by atomic mass is 10.2. The van der Waals surface area contributed by atoms with Crippen LogP contribution in [0.1, 0.15) is 6.42 Å². The molecule has 16 heteroatoms. The van der Waals surface area contributed by atoms with Gasteiger partial charge >= 0.3 is 35.9 Å². The SMILES string of the molecule is CN(C)CCCNC(=O)C(F)(F)C(F)(F)N1C(F)(F)C(F)(F)C(F)(F)C1(F)F. The molecule has 1 aliphatic heterocycles. The van der Waals surface area contributed by atoms with Gasteiger partial charge in [0, 0.05) is 6.54 Å². The molecule has 28 heavy (non-hydrogen) atoms. The first-order valence-corrected chi connectivity index (χ1v) is 7.21. The Morgan fingerprint density at radius 1 is 0.893 bits per heavy atom. The third-order valence-electron chi connectivity index (χ3n) is 3.72. The first-order chi connectivity index (χ1) is 12.2. The second-order valence-electron chi connectivity index (χ2n) is 6.10. The summed E-state index contributed by atoms with van der Waals surface area (Å²) < 4.78 is 160. The molecule has 4 nitrogen and oxygen atoms in total. The quantitative estimate of drug-likeness (QED) is 0.374. The lowest BCUT2D eigenvalue weighted by Gasteiger charge is -2.37. The van der Waals surface area contributed by atoms with Crippen molar-refractivity contribution in [3.63, 3.8) is 0 Å². The standard InChI is InChI=1S/C12H13F12N3O/c1-26(2)5-3-4-25-6(28)7(13,14)10(19,20)27-11(21,22)8(15,16)9(17,18)12(27,23)24/h3-5H2,1-2H3,(H,25,28). The number of alkyl halides is 12. The predicted molar refractivity (Wildman–Crippen MR) is 67.7 cm³/mol. The Balaban J connectivity index is 3.27. The van der Waals surface area contributed by atoms with Crippen LogP contribution >= 0.6 is 0 Å². The third-order valence-corrected chi connectivity index (χ3v) is 3.72. The van der Waals surface area contributed by atoms with Crippen molar-refractivity contribution >= 4 is 5.91 Å². The summed E-state index contributed by atoms with van der Waals surface area (Å²) >= 11 is 0. The van der Waals surface area contributed by atoms with Gasteiger partial charge in [-0.1, -0.05) is 0 Å². The van der Waals surface area contributed by atoms with Crippen LogP contribution in [0.25, 0.3) is 0 Å². The summed E-state index contributed by atoms with van der Waals surface area (Å²) in [5.74, 6) is -23.9. The summed E-state index contributed by atoms with van der Waals surface area (Å²) in [5, 5.41) is 1.12. The Bertz CT molecular complexity index is 581. The molecule has 0 bridgehead atoms. The highest BCUT2D eigenvalue weighted by molar-refractivity contribution is 5.84. The molecule has 1 N–H and O–H groups in total. The molecule has 0 radical (unpaired) electrons. The Hall–Kier alpha value is -1.45. The highest BCUT2D eigenvalue weighted by Crippen LogP contribution is 2.66. The maximum absolute atomic E-state index is 13.8. The number of nitrogens with one attached hydrogen (secondary N) is 1. The fourth-order valence-corrected chi connectivity index (χ4v) is 2.17. The Morgan fingerprint density at radius 3 is 1.64 bits per heavy atom. The topological polar surface area (TPSA) is 35.6 Å². The Labute approximate surface area is 149 Å². The molecule has 1 heterocycles. The highest BCUT2D eigenvalue weighted by Gasteiger charge is 2.98. The second-order valence-corrected chi connectivity index (χ2v) is 6.10. The predicted octanol–water partition coefficient (Wildman–Crippen LogP) is 3.05. The van der Waals surface area contributed by atoms with Crippen molar-refractivity contribution in [1.29, 1.82) is 0 Å². The van der Waals surface area contributed by atoms with Gasteiger partial charge in [0.25, 0.3) is 5.91 Å². The van der Waals surface area contributed by atoms with E-state index < -0.39 is 53.3 Å². The van der Waals surface area contributed by atoms with E-state index in [0.29, 0.717) is 0 Å². The van der Waals surface area contributed by atoms with Crippen molar-refractivity contribution in [1.82, 2.24) is 15.1 Å². The zero-order chi connectivity index (χ0) is 22.6. The molecule has 0 unspecified atom stereocenters. The second kappa shape index (κ2) is 6.81. The van der Waals surface area contributed by atoms with Crippen LogP contribution in [0.4, 0.5) is 52.7 Å². The molecule has 166 valence electrons. The monoisotopic (exact) mass is 443 g/mol. The largest absolute Gasteiger partial charge is 0.401 e. The molecule has 0 aromatic rings. The van der Waals surface area contributed by atoms with Gasteiger partial charge in [-0.05, 0) is 27.1 Å². The zero-order valence-corrected chi connectivity index (χ0v) is 14.0. The molecule has 0 saturated carbocycles. The van der Waals surface area contributed by atoms with Crippen LogP contribution in [0.5, 0.6) is 0 Å². The van der Waals surface area contributed by atoms with E-state index in [1.54, 1.807) is 0 Å². The van der Waals surface area contributed by atoms with E-state index in [4.69, 9.17) is 0 Å². The van der Waals surface area contributed by atoms with E-state index in [0.717, 1.165) is 5.32 Å². The fourth-order valence-electron chi connectivity index (χ4n) is 2.17. The van der Waals surface area contributed by atoms with Gasteiger partial charge in [0.2, 0.25) is 0 Å². The molecule has 0 spiro atoms. The maximum Gasteiger partial charge on any atom is 0.401 e. The smallest absolute Gasteiger partial charge is 0.351 e. The molecule has 1 rings (SSSR count). The van der Waals surface area contributed by atoms with E-state index in [1.165, 1.54) is 19.0 Å². The first-order valence-electron chi connectivity index (χ1n) is 7.21. The molecule has 1 aliphatic rings. The van der Waals surface area contributed by atoms with Crippen molar-refractivity contribution in [2.24, 2.45) is 0 Å². The Kier molecular flexibility index (Phi) is 5.98. The van der Waals surface area contributed by atoms with E-state index in [9.17, 15) is 57.5 Å². The molecule has 0 aliphatic carbocycles. The molecular formula is C12H13F12N3O. The van der Waals surface area contributed by atoms with Gasteiger partial charge in [-0.3, -0.25) is 4.79 Å². The minimum Gasteiger partial charge on any atom is -0.351 e. The molecule has 1 saturated heterocycles.